The summed E-state index contributed by atoms with van der Waals surface area (Å²) in [4.78, 5) is 27.0. The molecular formula is C49H44BBr3F8N10O. The molecule has 3 N–H and O–H groups in total. The quantitative estimate of drug-likeness (QED) is 0.101. The lowest BCUT2D eigenvalue weighted by molar-refractivity contribution is -0.140. The predicted octanol–water partition coefficient (Wildman–Crippen LogP) is 14.9. The number of anilines is 2. The molecule has 2 fully saturated rings. The predicted molar refractivity (Wildman–Crippen MR) is 274 cm³/mol. The number of halogens is 11. The van der Waals surface area contributed by atoms with Crippen molar-refractivity contribution >= 4 is 84.4 Å². The number of alkyl halides is 6. The largest absolute Gasteiger partial charge is 0.508 e. The van der Waals surface area contributed by atoms with Gasteiger partial charge in [-0.3, -0.25) is 9.13 Å². The van der Waals surface area contributed by atoms with Crippen LogP contribution in [0.15, 0.2) is 97.3 Å². The molecule has 0 atom stereocenters. The summed E-state index contributed by atoms with van der Waals surface area (Å²) < 4.78 is 112. The molecule has 72 heavy (non-hydrogen) atoms. The number of phenolic OH excluding ortho intramolecular Hbond substituents is 1. The second-order valence-electron chi connectivity index (χ2n) is 17.3. The fraction of sp³-hybridized carbons (Fsp3) is 0.306. The van der Waals surface area contributed by atoms with E-state index in [0.717, 1.165) is 81.2 Å². The van der Waals surface area contributed by atoms with E-state index in [1.165, 1.54) is 41.7 Å². The highest BCUT2D eigenvalue weighted by Gasteiger charge is 2.36. The number of fused-ring (bicyclic) bond motifs is 2. The Labute approximate surface area is 433 Å². The van der Waals surface area contributed by atoms with Crippen LogP contribution in [-0.2, 0) is 12.4 Å². The van der Waals surface area contributed by atoms with Crippen LogP contribution in [0, 0.1) is 18.6 Å². The van der Waals surface area contributed by atoms with Gasteiger partial charge in [0, 0.05) is 41.7 Å². The fourth-order valence-corrected chi connectivity index (χ4v) is 8.81. The van der Waals surface area contributed by atoms with Gasteiger partial charge in [-0.05, 0) is 111 Å². The highest BCUT2D eigenvalue weighted by molar-refractivity contribution is 9.69. The zero-order valence-electron chi connectivity index (χ0n) is 38.2. The van der Waals surface area contributed by atoms with Crippen molar-refractivity contribution in [3.63, 3.8) is 0 Å². The van der Waals surface area contributed by atoms with E-state index in [2.05, 4.69) is 87.8 Å². The third-order valence-corrected chi connectivity index (χ3v) is 12.1. The Bertz CT molecular complexity index is 2970. The molecule has 0 spiro atoms. The number of hydrogen-bond acceptors (Lipinski definition) is 9. The average Bonchev–Trinajstić information content (AvgIpc) is 3.90. The van der Waals surface area contributed by atoms with Crippen molar-refractivity contribution < 1.29 is 40.2 Å². The van der Waals surface area contributed by atoms with Crippen LogP contribution in [0.4, 0.5) is 47.0 Å². The molecule has 0 bridgehead atoms. The number of benzene rings is 4. The minimum absolute atomic E-state index is 0.0371. The van der Waals surface area contributed by atoms with Crippen molar-refractivity contribution in [2.24, 2.45) is 0 Å². The second-order valence-corrected chi connectivity index (χ2v) is 23.7. The number of aryl methyl sites for hydroxylation is 1. The fourth-order valence-electron chi connectivity index (χ4n) is 8.81. The maximum atomic E-state index is 14.0. The molecule has 23 heteroatoms. The van der Waals surface area contributed by atoms with Gasteiger partial charge in [0.15, 0.2) is 0 Å². The molecular weight excluding hydrogens is 1150 g/mol. The Hall–Kier alpha value is -5.68. The van der Waals surface area contributed by atoms with Gasteiger partial charge in [-0.15, -0.1) is 47.3 Å². The normalized spacial score (nSPS) is 14.6. The molecule has 4 heterocycles. The Morgan fingerprint density at radius 1 is 0.556 bits per heavy atom. The summed E-state index contributed by atoms with van der Waals surface area (Å²) in [5, 5.41) is 16.8. The summed E-state index contributed by atoms with van der Waals surface area (Å²) in [6.07, 6.45) is 4.57. The summed E-state index contributed by atoms with van der Waals surface area (Å²) in [5.41, 5.74) is 0.615. The smallest absolute Gasteiger partial charge is 0.419 e. The summed E-state index contributed by atoms with van der Waals surface area (Å²) in [7, 11) is 0. The van der Waals surface area contributed by atoms with Crippen molar-refractivity contribution in [2.45, 2.75) is 95.6 Å². The van der Waals surface area contributed by atoms with Gasteiger partial charge in [-0.25, -0.2) is 28.7 Å². The van der Waals surface area contributed by atoms with Gasteiger partial charge in [0.2, 0.25) is 11.9 Å². The monoisotopic (exact) mass is 1190 g/mol. The number of nitrogens with zero attached hydrogens (tertiary/aromatic N) is 8. The van der Waals surface area contributed by atoms with E-state index in [-0.39, 0.29) is 43.8 Å². The van der Waals surface area contributed by atoms with Crippen molar-refractivity contribution in [1.82, 2.24) is 39.0 Å². The van der Waals surface area contributed by atoms with Crippen LogP contribution in [0.1, 0.15) is 80.9 Å². The van der Waals surface area contributed by atoms with E-state index in [1.54, 1.807) is 41.2 Å². The lowest BCUT2D eigenvalue weighted by Crippen LogP contribution is -2.23. The van der Waals surface area contributed by atoms with Gasteiger partial charge in [-0.1, -0.05) is 44.6 Å². The van der Waals surface area contributed by atoms with E-state index in [0.29, 0.717) is 45.6 Å². The Kier molecular flexibility index (Phi) is 16.5. The first kappa shape index (κ1) is 52.6. The van der Waals surface area contributed by atoms with Crippen LogP contribution in [0.5, 0.6) is 5.75 Å². The summed E-state index contributed by atoms with van der Waals surface area (Å²) in [6.45, 7) is 1.92. The summed E-state index contributed by atoms with van der Waals surface area (Å²) >= 11 is 9.31. The molecule has 11 nitrogen and oxygen atoms in total. The zero-order valence-corrected chi connectivity index (χ0v) is 43.0. The van der Waals surface area contributed by atoms with Crippen LogP contribution in [-0.4, -0.2) is 59.4 Å². The van der Waals surface area contributed by atoms with Gasteiger partial charge in [0.25, 0.3) is 0 Å². The van der Waals surface area contributed by atoms with Crippen LogP contribution in [0.25, 0.3) is 56.5 Å². The van der Waals surface area contributed by atoms with E-state index < -0.39 is 35.1 Å². The van der Waals surface area contributed by atoms with Crippen molar-refractivity contribution in [1.29, 1.82) is 0 Å². The van der Waals surface area contributed by atoms with E-state index in [9.17, 15) is 40.2 Å². The molecule has 2 saturated carbocycles. The molecule has 0 unspecified atom stereocenters. The van der Waals surface area contributed by atoms with Crippen molar-refractivity contribution in [2.75, 3.05) is 10.6 Å². The average molecular weight is 1190 g/mol. The van der Waals surface area contributed by atoms with Crippen LogP contribution < -0.4 is 10.6 Å². The summed E-state index contributed by atoms with van der Waals surface area (Å²) in [6, 6.07) is 19.5. The molecule has 4 aromatic heterocycles. The molecule has 376 valence electrons. The first-order valence-corrected chi connectivity index (χ1v) is 25.6. The van der Waals surface area contributed by atoms with E-state index >= 15 is 0 Å². The summed E-state index contributed by atoms with van der Waals surface area (Å²) in [5.74, 6) is -0.670. The third kappa shape index (κ3) is 12.7. The first-order chi connectivity index (χ1) is 34.3. The molecule has 4 aromatic carbocycles. The number of imidazole rings is 2. The highest BCUT2D eigenvalue weighted by Crippen LogP contribution is 2.38. The molecule has 0 aliphatic heterocycles. The minimum Gasteiger partial charge on any atom is -0.508 e. The number of nitrogens with one attached hydrogen (secondary N) is 2. The standard InChI is InChI=1S/C25H23F4N5.C24H21F4N5O.BBr3/c1-15-7-10-20-21(13-15)34(22-11-12-30-24(33-22)31-17-5-3-2-4-6-17)23(32-20)16-8-9-19(26)18(14-16)25(27,28)29;25-18-8-6-14(12-17(18)24(26,27)28)22-31-19-9-7-16(34)13-20(19)33(22)21-10-11-29-23(32-21)30-15-4-2-1-3-5-15;2-1(3)4/h7-14,17H,2-6H2,1H3,(H,30,31,33);6-13,15,34H,1-5H2,(H,29,30,32);. The lowest BCUT2D eigenvalue weighted by Gasteiger charge is -2.22. The van der Waals surface area contributed by atoms with Gasteiger partial charge in [0.05, 0.1) is 33.2 Å². The molecule has 0 amide bonds. The van der Waals surface area contributed by atoms with Gasteiger partial charge in [0.1, 0.15) is 40.7 Å². The van der Waals surface area contributed by atoms with Crippen molar-refractivity contribution in [3.8, 4) is 40.2 Å². The van der Waals surface area contributed by atoms with E-state index in [1.807, 2.05) is 19.1 Å². The van der Waals surface area contributed by atoms with Crippen LogP contribution in [0.3, 0.4) is 0 Å². The zero-order chi connectivity index (χ0) is 51.3. The maximum absolute atomic E-state index is 14.0. The SMILES string of the molecule is BrB(Br)Br.Cc1ccc2nc(-c3ccc(F)c(C(F)(F)F)c3)n(-c3ccnc(NC4CCCCC4)n3)c2c1.Oc1ccc2nc(-c3ccc(F)c(C(F)(F)F)c3)n(-c3ccnc(NC4CCCCC4)n3)c2c1. The minimum atomic E-state index is -4.86. The molecule has 2 aliphatic rings. The molecule has 8 aromatic rings. The topological polar surface area (TPSA) is 131 Å². The first-order valence-electron chi connectivity index (χ1n) is 22.9. The van der Waals surface area contributed by atoms with Gasteiger partial charge >= 0.3 is 15.5 Å². The maximum Gasteiger partial charge on any atom is 0.419 e. The lowest BCUT2D eigenvalue weighted by atomic mass is 9.96. The van der Waals surface area contributed by atoms with Crippen molar-refractivity contribution in [3.05, 3.63) is 126 Å². The number of aromatic nitrogens is 8. The second kappa shape index (κ2) is 22.6. The molecule has 2 aliphatic carbocycles. The number of rotatable bonds is 8. The molecule has 10 rings (SSSR count). The number of aromatic hydroxyl groups is 1. The number of phenols is 1. The Morgan fingerprint density at radius 2 is 0.972 bits per heavy atom. The number of hydrogen-bond donors (Lipinski definition) is 3. The Morgan fingerprint density at radius 3 is 1.40 bits per heavy atom. The van der Waals surface area contributed by atoms with E-state index in [4.69, 9.17) is 0 Å². The molecule has 0 saturated heterocycles. The van der Waals surface area contributed by atoms with Gasteiger partial charge < -0.3 is 15.7 Å². The highest BCUT2D eigenvalue weighted by atomic mass is 79.9. The van der Waals surface area contributed by atoms with Gasteiger partial charge in [-0.2, -0.15) is 36.3 Å². The molecule has 0 radical (unpaired) electrons. The third-order valence-electron chi connectivity index (χ3n) is 12.1. The van der Waals surface area contributed by atoms with Crippen LogP contribution in [0.2, 0.25) is 0 Å². The van der Waals surface area contributed by atoms with Crippen LogP contribution >= 0.6 is 47.3 Å². The Balaban J connectivity index is 0.000000179.